The van der Waals surface area contributed by atoms with Crippen molar-refractivity contribution in [3.63, 3.8) is 0 Å². The second-order valence-electron chi connectivity index (χ2n) is 5.79. The van der Waals surface area contributed by atoms with Gasteiger partial charge in [0, 0.05) is 7.05 Å². The molecule has 7 nitrogen and oxygen atoms in total. The quantitative estimate of drug-likeness (QED) is 0.774. The van der Waals surface area contributed by atoms with E-state index in [0.717, 1.165) is 9.87 Å². The van der Waals surface area contributed by atoms with Crippen molar-refractivity contribution in [1.29, 1.82) is 0 Å². The maximum atomic E-state index is 12.8. The fraction of sp³-hybridized carbons (Fsp3) is 0.222. The number of ether oxygens (including phenoxy) is 1. The van der Waals surface area contributed by atoms with E-state index in [0.29, 0.717) is 5.69 Å². The summed E-state index contributed by atoms with van der Waals surface area (Å²) in [4.78, 5) is 23.0. The summed E-state index contributed by atoms with van der Waals surface area (Å²) in [5.74, 6) is -1.62. The minimum atomic E-state index is -3.87. The lowest BCUT2D eigenvalue weighted by Gasteiger charge is -2.20. The van der Waals surface area contributed by atoms with Crippen LogP contribution in [0.25, 0.3) is 0 Å². The summed E-state index contributed by atoms with van der Waals surface area (Å²) in [6.45, 7) is 3.24. The number of nitrogens with zero attached hydrogens (tertiary/aromatic N) is 1. The second-order valence-corrected chi connectivity index (χ2v) is 7.76. The summed E-state index contributed by atoms with van der Waals surface area (Å²) < 4.78 is 31.7. The van der Waals surface area contributed by atoms with Crippen LogP contribution in [0.15, 0.2) is 53.4 Å². The van der Waals surface area contributed by atoms with Crippen LogP contribution in [0.5, 0.6) is 0 Å². The molecule has 2 N–H and O–H groups in total. The molecule has 1 amide bonds. The van der Waals surface area contributed by atoms with Gasteiger partial charge in [0.25, 0.3) is 15.9 Å². The van der Waals surface area contributed by atoms with Crippen molar-refractivity contribution < 1.29 is 22.7 Å². The summed E-state index contributed by atoms with van der Waals surface area (Å²) in [6.07, 6.45) is -1.11. The third kappa shape index (κ3) is 4.20. The zero-order chi connectivity index (χ0) is 19.5. The highest BCUT2D eigenvalue weighted by Gasteiger charge is 2.23. The highest BCUT2D eigenvalue weighted by atomic mass is 32.2. The van der Waals surface area contributed by atoms with Gasteiger partial charge in [0.15, 0.2) is 6.10 Å². The Morgan fingerprint density at radius 1 is 1.12 bits per heavy atom. The van der Waals surface area contributed by atoms with Crippen LogP contribution in [0.2, 0.25) is 0 Å². The Bertz CT molecular complexity index is 923. The first-order valence-electron chi connectivity index (χ1n) is 7.79. The van der Waals surface area contributed by atoms with Gasteiger partial charge in [0.05, 0.1) is 16.1 Å². The molecular weight excluding hydrogens is 356 g/mol. The van der Waals surface area contributed by atoms with Crippen LogP contribution >= 0.6 is 0 Å². The largest absolute Gasteiger partial charge is 0.449 e. The Hall–Kier alpha value is -2.87. The smallest absolute Gasteiger partial charge is 0.338 e. The first-order valence-corrected chi connectivity index (χ1v) is 9.23. The lowest BCUT2D eigenvalue weighted by Crippen LogP contribution is -2.30. The van der Waals surface area contributed by atoms with Gasteiger partial charge in [-0.3, -0.25) is 9.10 Å². The van der Waals surface area contributed by atoms with E-state index in [-0.39, 0.29) is 10.5 Å². The van der Waals surface area contributed by atoms with E-state index in [1.807, 2.05) is 6.92 Å². The van der Waals surface area contributed by atoms with E-state index in [2.05, 4.69) is 0 Å². The van der Waals surface area contributed by atoms with Gasteiger partial charge in [0.1, 0.15) is 0 Å². The average Bonchev–Trinajstić information content (AvgIpc) is 2.61. The first-order chi connectivity index (χ1) is 12.1. The molecule has 0 aromatic heterocycles. The van der Waals surface area contributed by atoms with Crippen molar-refractivity contribution in [2.24, 2.45) is 5.73 Å². The van der Waals surface area contributed by atoms with Gasteiger partial charge >= 0.3 is 5.97 Å². The molecule has 0 saturated heterocycles. The van der Waals surface area contributed by atoms with Gasteiger partial charge in [-0.25, -0.2) is 13.2 Å². The van der Waals surface area contributed by atoms with Crippen LogP contribution < -0.4 is 10.0 Å². The highest BCUT2D eigenvalue weighted by molar-refractivity contribution is 7.92. The van der Waals surface area contributed by atoms with Crippen LogP contribution in [-0.4, -0.2) is 33.4 Å². The molecule has 1 atom stereocenters. The van der Waals surface area contributed by atoms with E-state index in [9.17, 15) is 18.0 Å². The van der Waals surface area contributed by atoms with Crippen LogP contribution in [0, 0.1) is 6.92 Å². The molecule has 0 aliphatic carbocycles. The molecule has 0 radical (unpaired) electrons. The fourth-order valence-electron chi connectivity index (χ4n) is 2.12. The molecule has 0 aliphatic rings. The van der Waals surface area contributed by atoms with Crippen molar-refractivity contribution in [3.8, 4) is 0 Å². The Morgan fingerprint density at radius 3 is 2.31 bits per heavy atom. The topological polar surface area (TPSA) is 107 Å². The number of primary amides is 1. The maximum Gasteiger partial charge on any atom is 0.338 e. The number of hydrogen-bond donors (Lipinski definition) is 1. The Kier molecular flexibility index (Phi) is 5.66. The second kappa shape index (κ2) is 7.57. The lowest BCUT2D eigenvalue weighted by atomic mass is 10.2. The number of sulfonamides is 1. The zero-order valence-corrected chi connectivity index (χ0v) is 15.5. The van der Waals surface area contributed by atoms with Crippen molar-refractivity contribution >= 4 is 27.6 Å². The molecule has 0 heterocycles. The Labute approximate surface area is 152 Å². The zero-order valence-electron chi connectivity index (χ0n) is 14.7. The van der Waals surface area contributed by atoms with Crippen molar-refractivity contribution in [2.75, 3.05) is 11.4 Å². The van der Waals surface area contributed by atoms with E-state index < -0.39 is 28.0 Å². The predicted molar refractivity (Wildman–Crippen MR) is 97.3 cm³/mol. The van der Waals surface area contributed by atoms with Gasteiger partial charge in [-0.05, 0) is 44.2 Å². The highest BCUT2D eigenvalue weighted by Crippen LogP contribution is 2.23. The summed E-state index contributed by atoms with van der Waals surface area (Å²) in [5.41, 5.74) is 6.57. The third-order valence-electron chi connectivity index (χ3n) is 3.81. The number of rotatable bonds is 6. The number of nitrogens with two attached hydrogens (primary N) is 1. The molecule has 2 rings (SSSR count). The third-order valence-corrected chi connectivity index (χ3v) is 5.59. The van der Waals surface area contributed by atoms with E-state index >= 15 is 0 Å². The van der Waals surface area contributed by atoms with Crippen molar-refractivity contribution in [2.45, 2.75) is 24.8 Å². The normalized spacial score (nSPS) is 12.3. The molecule has 8 heteroatoms. The number of esters is 1. The minimum absolute atomic E-state index is 0.0106. The van der Waals surface area contributed by atoms with Gasteiger partial charge in [-0.15, -0.1) is 0 Å². The first kappa shape index (κ1) is 19.5. The summed E-state index contributed by atoms with van der Waals surface area (Å²) in [6, 6.07) is 12.4. The van der Waals surface area contributed by atoms with Crippen LogP contribution in [-0.2, 0) is 19.6 Å². The number of carbonyl (C=O) groups is 2. The van der Waals surface area contributed by atoms with E-state index in [4.69, 9.17) is 10.5 Å². The summed E-state index contributed by atoms with van der Waals surface area (Å²) in [7, 11) is -2.44. The minimum Gasteiger partial charge on any atom is -0.449 e. The number of amides is 1. The number of benzene rings is 2. The van der Waals surface area contributed by atoms with Crippen LogP contribution in [0.1, 0.15) is 22.8 Å². The van der Waals surface area contributed by atoms with Gasteiger partial charge in [0.2, 0.25) is 0 Å². The van der Waals surface area contributed by atoms with Crippen LogP contribution in [0.3, 0.4) is 0 Å². The molecule has 0 unspecified atom stereocenters. The summed E-state index contributed by atoms with van der Waals surface area (Å²) >= 11 is 0. The van der Waals surface area contributed by atoms with Gasteiger partial charge in [-0.2, -0.15) is 0 Å². The average molecular weight is 376 g/mol. The number of aryl methyl sites for hydroxylation is 1. The standard InChI is InChI=1S/C18H20N2O5S/c1-12-7-9-15(10-8-12)20(3)26(23,24)16-6-4-5-14(11-16)18(22)25-13(2)17(19)21/h4-11,13H,1-3H3,(H2,19,21)/t13-/m1/s1. The molecule has 0 aliphatic heterocycles. The molecule has 0 saturated carbocycles. The monoisotopic (exact) mass is 376 g/mol. The molecule has 26 heavy (non-hydrogen) atoms. The lowest BCUT2D eigenvalue weighted by molar-refractivity contribution is -0.125. The molecule has 0 fully saturated rings. The predicted octanol–water partition coefficient (Wildman–Crippen LogP) is 1.85. The molecule has 2 aromatic carbocycles. The van der Waals surface area contributed by atoms with E-state index in [1.54, 1.807) is 24.3 Å². The summed E-state index contributed by atoms with van der Waals surface area (Å²) in [5, 5.41) is 0. The van der Waals surface area contributed by atoms with Crippen LogP contribution in [0.4, 0.5) is 5.69 Å². The number of hydrogen-bond acceptors (Lipinski definition) is 5. The maximum absolute atomic E-state index is 12.8. The molecular formula is C18H20N2O5S. The Morgan fingerprint density at radius 2 is 1.73 bits per heavy atom. The number of carbonyl (C=O) groups excluding carboxylic acids is 2. The molecule has 2 aromatic rings. The fourth-order valence-corrected chi connectivity index (χ4v) is 3.36. The van der Waals surface area contributed by atoms with Gasteiger partial charge in [-0.1, -0.05) is 23.8 Å². The molecule has 138 valence electrons. The SMILES string of the molecule is Cc1ccc(N(C)S(=O)(=O)c2cccc(C(=O)O[C@H](C)C(N)=O)c2)cc1. The van der Waals surface area contributed by atoms with Crippen molar-refractivity contribution in [1.82, 2.24) is 0 Å². The molecule has 0 spiro atoms. The number of anilines is 1. The van der Waals surface area contributed by atoms with E-state index in [1.165, 1.54) is 38.2 Å². The van der Waals surface area contributed by atoms with Crippen molar-refractivity contribution in [3.05, 3.63) is 59.7 Å². The molecule has 0 bridgehead atoms. The van der Waals surface area contributed by atoms with Gasteiger partial charge < -0.3 is 10.5 Å². The Balaban J connectivity index is 2.31.